The summed E-state index contributed by atoms with van der Waals surface area (Å²) >= 11 is 0. The van der Waals surface area contributed by atoms with Gasteiger partial charge in [0.15, 0.2) is 115 Å². The predicted octanol–water partition coefficient (Wildman–Crippen LogP) is 11.6. The van der Waals surface area contributed by atoms with Crippen LogP contribution in [0.4, 0.5) is 0 Å². The molecule has 0 fully saturated rings. The first kappa shape index (κ1) is 89.0. The Kier molecular flexibility index (Phi) is 24.4. The minimum atomic E-state index is -1.18. The molecule has 0 spiro atoms. The number of phenolic OH excluding ortho intramolecular Hbond substituents is 25. The highest BCUT2D eigenvalue weighted by Gasteiger charge is 2.40. The minimum Gasteiger partial charge on any atom is -0.508 e. The van der Waals surface area contributed by atoms with Gasteiger partial charge in [-0.2, -0.15) is 0 Å². The largest absolute Gasteiger partial charge is 0.508 e. The van der Waals surface area contributed by atoms with Crippen molar-refractivity contribution in [2.45, 2.75) is 37.3 Å². The number of benzene rings is 12. The molecule has 5 heterocycles. The maximum atomic E-state index is 12.7. The van der Waals surface area contributed by atoms with E-state index in [2.05, 4.69) is 0 Å². The van der Waals surface area contributed by atoms with Crippen LogP contribution in [0.3, 0.4) is 0 Å². The maximum absolute atomic E-state index is 12.7. The number of esters is 2. The monoisotopic (exact) mass is 1790 g/mol. The molecule has 130 heavy (non-hydrogen) atoms. The third-order valence-corrected chi connectivity index (χ3v) is 19.7. The zero-order valence-corrected chi connectivity index (χ0v) is 65.9. The van der Waals surface area contributed by atoms with Gasteiger partial charge in [0.25, 0.3) is 0 Å². The lowest BCUT2D eigenvalue weighted by atomic mass is 9.93. The Morgan fingerprint density at radius 3 is 1.15 bits per heavy atom. The fraction of sp³-hybridized carbons (Fsp3) is 0.0778. The van der Waals surface area contributed by atoms with Crippen LogP contribution in [0.2, 0.25) is 0 Å². The van der Waals surface area contributed by atoms with Gasteiger partial charge in [-0.05, 0) is 97.1 Å². The summed E-state index contributed by atoms with van der Waals surface area (Å²) < 4.78 is 43.9. The average Bonchev–Trinajstić information content (AvgIpc) is 0.784. The first-order valence-electron chi connectivity index (χ1n) is 37.3. The van der Waals surface area contributed by atoms with E-state index >= 15 is 0 Å². The van der Waals surface area contributed by atoms with Crippen LogP contribution in [-0.4, -0.2) is 169 Å². The molecule has 40 heteroatoms. The Balaban J connectivity index is 0.000000140. The molecule has 40 nitrogen and oxygen atoms in total. The van der Waals surface area contributed by atoms with Gasteiger partial charge in [-0.3, -0.25) is 14.4 Å². The average molecular weight is 1790 g/mol. The third-order valence-electron chi connectivity index (χ3n) is 19.7. The fourth-order valence-corrected chi connectivity index (χ4v) is 13.5. The van der Waals surface area contributed by atoms with Crippen molar-refractivity contribution in [1.29, 1.82) is 0 Å². The van der Waals surface area contributed by atoms with Crippen molar-refractivity contribution in [3.63, 3.8) is 0 Å². The number of carbonyl (C=O) groups is 2. The van der Waals surface area contributed by atoms with Crippen LogP contribution in [0.1, 0.15) is 55.2 Å². The highest BCUT2D eigenvalue weighted by Crippen LogP contribution is 2.50. The Bertz CT molecular complexity index is 7180. The van der Waals surface area contributed by atoms with Crippen molar-refractivity contribution in [3.8, 4) is 206 Å². The van der Waals surface area contributed by atoms with E-state index in [4.69, 9.17) is 36.9 Å². The van der Waals surface area contributed by atoms with Crippen LogP contribution in [0.25, 0.3) is 66.9 Å². The van der Waals surface area contributed by atoms with E-state index in [1.807, 2.05) is 0 Å². The normalized spacial score (nSPS) is 14.0. The van der Waals surface area contributed by atoms with E-state index < -0.39 is 139 Å². The maximum Gasteiger partial charge on any atom is 0.338 e. The number of fused-ring (bicyclic) bond motifs is 5. The highest BCUT2D eigenvalue weighted by atomic mass is 16.6. The van der Waals surface area contributed by atoms with Crippen LogP contribution in [0.5, 0.6) is 172 Å². The summed E-state index contributed by atoms with van der Waals surface area (Å²) in [5, 5.41) is 262. The van der Waals surface area contributed by atoms with Gasteiger partial charge < -0.3 is 175 Å². The van der Waals surface area contributed by atoms with E-state index in [-0.39, 0.29) is 182 Å². The van der Waals surface area contributed by atoms with Gasteiger partial charge in [0.2, 0.25) is 22.4 Å². The Morgan fingerprint density at radius 2 is 0.700 bits per heavy atom. The molecule has 0 aliphatic carbocycles. The summed E-state index contributed by atoms with van der Waals surface area (Å²) in [4.78, 5) is 61.8. The SMILES string of the molecule is COc1ccc(-c2cc(=O)c3c(O)cc(O)cc3o2)cc1O.O=C(O[C@@H]1Cc2c(O)cc(O)cc2OC1c1cc(O)c(O)c(O)c1)c1cc(O)c(O)c(O)c1.O=C(O[C@@H]1Cc2c(O)cc(O)cc2OC1c1ccc(O)c(O)c1)c1cc(O)c(O)c(O)c1.O=c1c(O)c(-c2ccc(O)c(O)c2)oc2cc(O)cc(O)c12.O=c1c(O)c(-c2ccccc2O)oc2cc(O)cc(O)c12. The molecular formula is C90H68O40. The molecule has 15 aromatic rings. The number of para-hydroxylation sites is 1. The van der Waals surface area contributed by atoms with Crippen LogP contribution < -0.4 is 30.5 Å². The standard InChI is InChI=1S/C22H18O11.C22H18O10.C16H12O6.C15H10O7.C15H10O6/c23-10-5-12(24)11-7-18(33-22(31)9-3-15(27)20(30)16(28)4-9)21(32-17(11)6-10)8-1-13(25)19(29)14(26)2-8;23-11-6-14(25)12-8-19(32-22(30)10-4-16(27)20(29)17(28)5-10)21(31-18(12)7-11)9-1-2-13(24)15(26)3-9;1-21-13-3-2-8(4-10(13)18)14-7-12(20)16-11(19)5-9(17)6-15(16)22-14;16-7-4-10(19)12-11(5-7)22-15(14(21)13(12)20)6-1-2-8(17)9(18)3-6;16-7-5-10(18)12-11(6-7)21-15(14(20)13(12)19)8-3-1-2-4-9(8)17/h1-6,18,21,23-30H,7H2;1-7,19,21,23-29H,8H2;2-7,17-19H,1H3;1-5,16-19,21H;1-6,16-18,20H/t18-,21?;19-,21?;;;/m11.../s1. The molecule has 2 unspecified atom stereocenters. The zero-order valence-electron chi connectivity index (χ0n) is 65.9. The summed E-state index contributed by atoms with van der Waals surface area (Å²) in [5.41, 5.74) is -1.37. The second-order valence-corrected chi connectivity index (χ2v) is 28.5. The van der Waals surface area contributed by atoms with Gasteiger partial charge in [-0.1, -0.05) is 18.2 Å². The summed E-state index contributed by atoms with van der Waals surface area (Å²) in [5.74, 6) is -15.3. The molecule has 2 aliphatic rings. The number of aromatic hydroxyl groups is 27. The van der Waals surface area contributed by atoms with Crippen molar-refractivity contribution >= 4 is 44.8 Å². The molecule has 17 rings (SSSR count). The summed E-state index contributed by atoms with van der Waals surface area (Å²) in [7, 11) is 1.43. The molecule has 4 atom stereocenters. The van der Waals surface area contributed by atoms with Crippen LogP contribution >= 0.6 is 0 Å². The lowest BCUT2D eigenvalue weighted by Crippen LogP contribution is -2.34. The van der Waals surface area contributed by atoms with Crippen molar-refractivity contribution in [1.82, 2.24) is 0 Å². The van der Waals surface area contributed by atoms with Crippen molar-refractivity contribution in [2.75, 3.05) is 7.11 Å². The minimum absolute atomic E-state index is 0.0146. The number of methoxy groups -OCH3 is 1. The number of hydrogen-bond acceptors (Lipinski definition) is 40. The molecule has 0 radical (unpaired) electrons. The van der Waals surface area contributed by atoms with Crippen LogP contribution in [0, 0.1) is 0 Å². The molecule has 2 aliphatic heterocycles. The van der Waals surface area contributed by atoms with Crippen LogP contribution in [-0.2, 0) is 22.3 Å². The van der Waals surface area contributed by atoms with Gasteiger partial charge in [0.05, 0.1) is 23.8 Å². The summed E-state index contributed by atoms with van der Waals surface area (Å²) in [6.07, 6.45) is -4.61. The predicted molar refractivity (Wildman–Crippen MR) is 446 cm³/mol. The molecule has 27 N–H and O–H groups in total. The van der Waals surface area contributed by atoms with Gasteiger partial charge >= 0.3 is 11.9 Å². The first-order chi connectivity index (χ1) is 61.5. The lowest BCUT2D eigenvalue weighted by Gasteiger charge is -2.34. The van der Waals surface area contributed by atoms with Crippen molar-refractivity contribution < 1.29 is 184 Å². The second-order valence-electron chi connectivity index (χ2n) is 28.5. The van der Waals surface area contributed by atoms with Gasteiger partial charge in [0.1, 0.15) is 126 Å². The first-order valence-corrected chi connectivity index (χ1v) is 37.3. The molecule has 668 valence electrons. The Labute approximate surface area is 723 Å². The van der Waals surface area contributed by atoms with E-state index in [0.29, 0.717) is 16.9 Å². The molecule has 3 aromatic heterocycles. The number of phenols is 25. The number of ether oxygens (including phenoxy) is 5. The molecular weight excluding hydrogens is 1720 g/mol. The van der Waals surface area contributed by atoms with E-state index in [1.54, 1.807) is 18.2 Å². The number of carbonyl (C=O) groups excluding carboxylic acids is 2. The second kappa shape index (κ2) is 35.6. The van der Waals surface area contributed by atoms with Gasteiger partial charge in [-0.15, -0.1) is 0 Å². The topological polar surface area (TPSA) is 717 Å². The molecule has 12 aromatic carbocycles. The Hall–Kier alpha value is -18.8. The molecule has 0 bridgehead atoms. The zero-order chi connectivity index (χ0) is 94.2. The van der Waals surface area contributed by atoms with Crippen LogP contribution in [0.15, 0.2) is 210 Å². The lowest BCUT2D eigenvalue weighted by molar-refractivity contribution is -0.0192. The molecule has 0 amide bonds. The number of hydrogen-bond donors (Lipinski definition) is 27. The van der Waals surface area contributed by atoms with E-state index in [0.717, 1.165) is 91.0 Å². The molecule has 0 saturated carbocycles. The highest BCUT2D eigenvalue weighted by molar-refractivity contribution is 5.94. The Morgan fingerprint density at radius 1 is 0.315 bits per heavy atom. The fourth-order valence-electron chi connectivity index (χ4n) is 13.5. The quantitative estimate of drug-likeness (QED) is 0.0447. The van der Waals surface area contributed by atoms with Gasteiger partial charge in [0, 0.05) is 113 Å². The van der Waals surface area contributed by atoms with Gasteiger partial charge in [-0.25, -0.2) is 9.59 Å². The van der Waals surface area contributed by atoms with Crippen molar-refractivity contribution in [3.05, 3.63) is 246 Å². The van der Waals surface area contributed by atoms with E-state index in [1.165, 1.54) is 79.9 Å². The van der Waals surface area contributed by atoms with Crippen molar-refractivity contribution in [2.24, 2.45) is 0 Å². The number of rotatable bonds is 10. The smallest absolute Gasteiger partial charge is 0.338 e. The summed E-state index contributed by atoms with van der Waals surface area (Å²) in [6.45, 7) is 0. The van der Waals surface area contributed by atoms with E-state index in [9.17, 15) is 162 Å². The molecule has 0 saturated heterocycles. The summed E-state index contributed by atoms with van der Waals surface area (Å²) in [6, 6.07) is 36.1. The third kappa shape index (κ3) is 18.2.